The van der Waals surface area contributed by atoms with Gasteiger partial charge in [0.25, 0.3) is 5.91 Å². The van der Waals surface area contributed by atoms with Crippen molar-refractivity contribution >= 4 is 23.5 Å². The Hall–Kier alpha value is -2.92. The average molecular weight is 393 g/mol. The van der Waals surface area contributed by atoms with Crippen molar-refractivity contribution in [3.63, 3.8) is 0 Å². The highest BCUT2D eigenvalue weighted by molar-refractivity contribution is 6.30. The van der Waals surface area contributed by atoms with Crippen molar-refractivity contribution < 1.29 is 4.79 Å². The molecular formula is C22H21ClN4O. The van der Waals surface area contributed by atoms with Gasteiger partial charge in [0, 0.05) is 30.9 Å². The molecule has 1 aromatic heterocycles. The van der Waals surface area contributed by atoms with Gasteiger partial charge in [-0.05, 0) is 47.7 Å². The molecule has 6 heteroatoms. The van der Waals surface area contributed by atoms with E-state index in [1.54, 1.807) is 12.3 Å². The quantitative estimate of drug-likeness (QED) is 0.719. The lowest BCUT2D eigenvalue weighted by atomic mass is 10.0. The molecular weight excluding hydrogens is 372 g/mol. The summed E-state index contributed by atoms with van der Waals surface area (Å²) in [5.74, 6) is 0.403. The summed E-state index contributed by atoms with van der Waals surface area (Å²) in [6.45, 7) is 2.13. The van der Waals surface area contributed by atoms with Gasteiger partial charge in [0.15, 0.2) is 0 Å². The minimum Gasteiger partial charge on any atom is -0.350 e. The molecule has 3 aromatic rings. The third kappa shape index (κ3) is 4.31. The smallest absolute Gasteiger partial charge is 0.270 e. The number of carbonyl (C=O) groups is 1. The lowest BCUT2D eigenvalue weighted by Gasteiger charge is -2.28. The zero-order valence-electron chi connectivity index (χ0n) is 15.4. The molecule has 0 atom stereocenters. The number of hydrogen-bond donors (Lipinski definition) is 1. The maximum atomic E-state index is 12.5. The lowest BCUT2D eigenvalue weighted by molar-refractivity contribution is 0.0949. The molecule has 0 saturated carbocycles. The summed E-state index contributed by atoms with van der Waals surface area (Å²) in [6.07, 6.45) is 3.32. The minimum atomic E-state index is -0.192. The molecule has 1 amide bonds. The van der Waals surface area contributed by atoms with Gasteiger partial charge in [0.2, 0.25) is 5.95 Å². The Bertz CT molecular complexity index is 992. The van der Waals surface area contributed by atoms with Gasteiger partial charge >= 0.3 is 0 Å². The summed E-state index contributed by atoms with van der Waals surface area (Å²) < 4.78 is 0. The molecule has 0 unspecified atom stereocenters. The van der Waals surface area contributed by atoms with E-state index in [9.17, 15) is 4.79 Å². The van der Waals surface area contributed by atoms with Gasteiger partial charge < -0.3 is 10.2 Å². The normalized spacial score (nSPS) is 13.1. The predicted octanol–water partition coefficient (Wildman–Crippen LogP) is 3.67. The first-order chi connectivity index (χ1) is 13.7. The molecule has 0 radical (unpaired) electrons. The van der Waals surface area contributed by atoms with E-state index in [-0.39, 0.29) is 5.91 Å². The molecule has 0 spiro atoms. The number of benzene rings is 2. The van der Waals surface area contributed by atoms with Gasteiger partial charge in [-0.2, -0.15) is 0 Å². The largest absolute Gasteiger partial charge is 0.350 e. The highest BCUT2D eigenvalue weighted by atomic mass is 35.5. The van der Waals surface area contributed by atoms with Crippen LogP contribution in [0.5, 0.6) is 0 Å². The van der Waals surface area contributed by atoms with Crippen molar-refractivity contribution in [2.24, 2.45) is 0 Å². The highest BCUT2D eigenvalue weighted by Gasteiger charge is 2.19. The van der Waals surface area contributed by atoms with Gasteiger partial charge in [-0.3, -0.25) is 4.79 Å². The third-order valence-corrected chi connectivity index (χ3v) is 5.11. The van der Waals surface area contributed by atoms with Gasteiger partial charge in [-0.25, -0.2) is 9.97 Å². The monoisotopic (exact) mass is 392 g/mol. The SMILES string of the molecule is O=C(NCCc1cccc(Cl)c1)c1ccnc(N2CCc3ccccc3C2)n1. The molecule has 142 valence electrons. The number of nitrogens with one attached hydrogen (secondary N) is 1. The van der Waals surface area contributed by atoms with E-state index in [1.165, 1.54) is 11.1 Å². The second-order valence-electron chi connectivity index (χ2n) is 6.82. The van der Waals surface area contributed by atoms with Gasteiger partial charge in [-0.1, -0.05) is 48.0 Å². The van der Waals surface area contributed by atoms with E-state index >= 15 is 0 Å². The second-order valence-corrected chi connectivity index (χ2v) is 7.25. The van der Waals surface area contributed by atoms with Crippen LogP contribution in [-0.4, -0.2) is 29.0 Å². The molecule has 0 fully saturated rings. The Labute approximate surface area is 169 Å². The first-order valence-electron chi connectivity index (χ1n) is 9.36. The fraction of sp³-hybridized carbons (Fsp3) is 0.227. The molecule has 0 aliphatic carbocycles. The van der Waals surface area contributed by atoms with Crippen LogP contribution >= 0.6 is 11.6 Å². The maximum Gasteiger partial charge on any atom is 0.270 e. The van der Waals surface area contributed by atoms with Crippen molar-refractivity contribution in [1.82, 2.24) is 15.3 Å². The number of anilines is 1. The Kier molecular flexibility index (Phi) is 5.53. The summed E-state index contributed by atoms with van der Waals surface area (Å²) in [7, 11) is 0. The van der Waals surface area contributed by atoms with E-state index in [4.69, 9.17) is 11.6 Å². The number of nitrogens with zero attached hydrogens (tertiary/aromatic N) is 3. The summed E-state index contributed by atoms with van der Waals surface area (Å²) in [4.78, 5) is 23.5. The van der Waals surface area contributed by atoms with Crippen LogP contribution in [-0.2, 0) is 19.4 Å². The van der Waals surface area contributed by atoms with Crippen LogP contribution in [0.25, 0.3) is 0 Å². The standard InChI is InChI=1S/C22H21ClN4O/c23-19-7-3-4-16(14-19)8-11-24-21(28)20-9-12-25-22(26-20)27-13-10-17-5-1-2-6-18(17)15-27/h1-7,9,12,14H,8,10-11,13,15H2,(H,24,28). The van der Waals surface area contributed by atoms with Crippen LogP contribution in [0.15, 0.2) is 60.8 Å². The fourth-order valence-electron chi connectivity index (χ4n) is 3.40. The molecule has 0 bridgehead atoms. The number of rotatable bonds is 5. The van der Waals surface area contributed by atoms with Crippen LogP contribution in [0.3, 0.4) is 0 Å². The summed E-state index contributed by atoms with van der Waals surface area (Å²) in [5, 5.41) is 3.62. The number of amides is 1. The zero-order chi connectivity index (χ0) is 19.3. The number of fused-ring (bicyclic) bond motifs is 1. The Morgan fingerprint density at radius 3 is 2.82 bits per heavy atom. The van der Waals surface area contributed by atoms with E-state index < -0.39 is 0 Å². The molecule has 4 rings (SSSR count). The number of carbonyl (C=O) groups excluding carboxylic acids is 1. The van der Waals surface area contributed by atoms with E-state index in [1.807, 2.05) is 30.3 Å². The van der Waals surface area contributed by atoms with E-state index in [0.29, 0.717) is 29.6 Å². The second kappa shape index (κ2) is 8.40. The van der Waals surface area contributed by atoms with Crippen LogP contribution < -0.4 is 10.2 Å². The first-order valence-corrected chi connectivity index (χ1v) is 9.74. The molecule has 1 aliphatic heterocycles. The van der Waals surface area contributed by atoms with Crippen LogP contribution in [0.2, 0.25) is 5.02 Å². The van der Waals surface area contributed by atoms with Gasteiger partial charge in [-0.15, -0.1) is 0 Å². The van der Waals surface area contributed by atoms with E-state index in [0.717, 1.165) is 25.1 Å². The van der Waals surface area contributed by atoms with Crippen molar-refractivity contribution in [3.05, 3.63) is 88.2 Å². The Morgan fingerprint density at radius 2 is 1.96 bits per heavy atom. The molecule has 1 N–H and O–H groups in total. The van der Waals surface area contributed by atoms with Crippen molar-refractivity contribution in [2.75, 3.05) is 18.0 Å². The minimum absolute atomic E-state index is 0.192. The first kappa shape index (κ1) is 18.4. The fourth-order valence-corrected chi connectivity index (χ4v) is 3.61. The van der Waals surface area contributed by atoms with Crippen molar-refractivity contribution in [1.29, 1.82) is 0 Å². The third-order valence-electron chi connectivity index (χ3n) is 4.88. The van der Waals surface area contributed by atoms with Crippen LogP contribution in [0, 0.1) is 0 Å². The Morgan fingerprint density at radius 1 is 1.11 bits per heavy atom. The van der Waals surface area contributed by atoms with Crippen molar-refractivity contribution in [3.8, 4) is 0 Å². The average Bonchev–Trinajstić information content (AvgIpc) is 2.73. The molecule has 5 nitrogen and oxygen atoms in total. The maximum absolute atomic E-state index is 12.5. The number of aromatic nitrogens is 2. The molecule has 2 heterocycles. The summed E-state index contributed by atoms with van der Waals surface area (Å²) in [6, 6.07) is 17.7. The van der Waals surface area contributed by atoms with Crippen LogP contribution in [0.1, 0.15) is 27.2 Å². The van der Waals surface area contributed by atoms with Gasteiger partial charge in [0.1, 0.15) is 5.69 Å². The molecule has 1 aliphatic rings. The van der Waals surface area contributed by atoms with Gasteiger partial charge in [0.05, 0.1) is 0 Å². The highest BCUT2D eigenvalue weighted by Crippen LogP contribution is 2.21. The number of halogens is 1. The lowest BCUT2D eigenvalue weighted by Crippen LogP contribution is -2.33. The van der Waals surface area contributed by atoms with Crippen LogP contribution in [0.4, 0.5) is 5.95 Å². The number of hydrogen-bond acceptors (Lipinski definition) is 4. The molecule has 2 aromatic carbocycles. The Balaban J connectivity index is 1.39. The van der Waals surface area contributed by atoms with E-state index in [2.05, 4.69) is 38.4 Å². The summed E-state index contributed by atoms with van der Waals surface area (Å²) >= 11 is 6.00. The predicted molar refractivity (Wildman–Crippen MR) is 111 cm³/mol. The summed E-state index contributed by atoms with van der Waals surface area (Å²) in [5.41, 5.74) is 4.13. The zero-order valence-corrected chi connectivity index (χ0v) is 16.2. The van der Waals surface area contributed by atoms with Crippen molar-refractivity contribution in [2.45, 2.75) is 19.4 Å². The molecule has 28 heavy (non-hydrogen) atoms. The topological polar surface area (TPSA) is 58.1 Å². The molecule has 0 saturated heterocycles.